The van der Waals surface area contributed by atoms with Crippen molar-refractivity contribution in [3.05, 3.63) is 47.3 Å². The predicted octanol–water partition coefficient (Wildman–Crippen LogP) is 3.01. The Morgan fingerprint density at radius 1 is 1.17 bits per heavy atom. The number of nitrogens with zero attached hydrogens (tertiary/aromatic N) is 2. The number of aryl methyl sites for hydroxylation is 2. The van der Waals surface area contributed by atoms with Crippen LogP contribution in [0.4, 0.5) is 5.69 Å². The second-order valence-corrected chi connectivity index (χ2v) is 6.39. The van der Waals surface area contributed by atoms with E-state index in [9.17, 15) is 9.59 Å². The van der Waals surface area contributed by atoms with Gasteiger partial charge in [-0.2, -0.15) is 0 Å². The maximum absolute atomic E-state index is 12.0. The number of aliphatic carboxylic acids is 1. The summed E-state index contributed by atoms with van der Waals surface area (Å²) in [4.78, 5) is 31.5. The molecule has 0 saturated heterocycles. The van der Waals surface area contributed by atoms with Gasteiger partial charge in [-0.25, -0.2) is 9.97 Å². The third-order valence-electron chi connectivity index (χ3n) is 3.36. The standard InChI is InChI=1S/C17H19N3O3S/c1-10-8-11(2)19-17(18-10)24-9-15(21)20-14-6-4-13(5-7-14)12(3)16(22)23/h4-8,12H,9H2,1-3H3,(H,20,21)(H,22,23). The van der Waals surface area contributed by atoms with Crippen LogP contribution in [-0.4, -0.2) is 32.7 Å². The summed E-state index contributed by atoms with van der Waals surface area (Å²) >= 11 is 1.28. The first-order valence-electron chi connectivity index (χ1n) is 7.43. The number of carbonyl (C=O) groups excluding carboxylic acids is 1. The van der Waals surface area contributed by atoms with Crippen LogP contribution >= 0.6 is 11.8 Å². The van der Waals surface area contributed by atoms with Crippen LogP contribution in [0.5, 0.6) is 0 Å². The normalized spacial score (nSPS) is 11.8. The van der Waals surface area contributed by atoms with E-state index in [4.69, 9.17) is 5.11 Å². The highest BCUT2D eigenvalue weighted by molar-refractivity contribution is 7.99. The minimum absolute atomic E-state index is 0.165. The van der Waals surface area contributed by atoms with Crippen LogP contribution in [0.25, 0.3) is 0 Å². The SMILES string of the molecule is Cc1cc(C)nc(SCC(=O)Nc2ccc(C(C)C(=O)O)cc2)n1. The molecule has 0 aliphatic carbocycles. The molecule has 24 heavy (non-hydrogen) atoms. The van der Waals surface area contributed by atoms with Crippen LogP contribution in [0.1, 0.15) is 29.8 Å². The van der Waals surface area contributed by atoms with Crippen molar-refractivity contribution in [2.24, 2.45) is 0 Å². The molecule has 1 heterocycles. The van der Waals surface area contributed by atoms with E-state index in [1.165, 1.54) is 11.8 Å². The third-order valence-corrected chi connectivity index (χ3v) is 4.21. The Labute approximate surface area is 144 Å². The third kappa shape index (κ3) is 5.06. The van der Waals surface area contributed by atoms with Gasteiger partial charge in [0.15, 0.2) is 5.16 Å². The molecule has 0 bridgehead atoms. The molecular weight excluding hydrogens is 326 g/mol. The molecule has 7 heteroatoms. The second kappa shape index (κ2) is 7.92. The van der Waals surface area contributed by atoms with E-state index in [0.29, 0.717) is 16.4 Å². The number of anilines is 1. The lowest BCUT2D eigenvalue weighted by Crippen LogP contribution is -2.14. The number of carboxylic acids is 1. The summed E-state index contributed by atoms with van der Waals surface area (Å²) < 4.78 is 0. The number of rotatable bonds is 6. The minimum Gasteiger partial charge on any atom is -0.481 e. The molecular formula is C17H19N3O3S. The molecule has 1 aromatic carbocycles. The Balaban J connectivity index is 1.91. The van der Waals surface area contributed by atoms with E-state index in [2.05, 4.69) is 15.3 Å². The summed E-state index contributed by atoms with van der Waals surface area (Å²) in [6.07, 6.45) is 0. The number of carboxylic acid groups (broad SMARTS) is 1. The number of thioether (sulfide) groups is 1. The molecule has 1 atom stereocenters. The van der Waals surface area contributed by atoms with Gasteiger partial charge in [0.1, 0.15) is 0 Å². The summed E-state index contributed by atoms with van der Waals surface area (Å²) in [6, 6.07) is 8.68. The molecule has 126 valence electrons. The molecule has 0 aliphatic heterocycles. The van der Waals surface area contributed by atoms with Gasteiger partial charge in [0.2, 0.25) is 5.91 Å². The van der Waals surface area contributed by atoms with Gasteiger partial charge in [-0.15, -0.1) is 0 Å². The van der Waals surface area contributed by atoms with Gasteiger partial charge >= 0.3 is 5.97 Å². The maximum atomic E-state index is 12.0. The van der Waals surface area contributed by atoms with Crippen LogP contribution in [0, 0.1) is 13.8 Å². The summed E-state index contributed by atoms with van der Waals surface area (Å²) in [5, 5.41) is 12.3. The molecule has 0 spiro atoms. The van der Waals surface area contributed by atoms with Crippen molar-refractivity contribution in [2.45, 2.75) is 31.8 Å². The lowest BCUT2D eigenvalue weighted by molar-refractivity contribution is -0.138. The van der Waals surface area contributed by atoms with Crippen molar-refractivity contribution in [2.75, 3.05) is 11.1 Å². The van der Waals surface area contributed by atoms with E-state index < -0.39 is 11.9 Å². The topological polar surface area (TPSA) is 92.2 Å². The van der Waals surface area contributed by atoms with Gasteiger partial charge in [0.05, 0.1) is 11.7 Å². The molecule has 0 saturated carbocycles. The van der Waals surface area contributed by atoms with Gasteiger partial charge in [-0.3, -0.25) is 9.59 Å². The summed E-state index contributed by atoms with van der Waals surface area (Å²) in [7, 11) is 0. The van der Waals surface area contributed by atoms with Crippen LogP contribution in [0.15, 0.2) is 35.5 Å². The van der Waals surface area contributed by atoms with Gasteiger partial charge in [0, 0.05) is 17.1 Å². The molecule has 6 nitrogen and oxygen atoms in total. The van der Waals surface area contributed by atoms with E-state index >= 15 is 0 Å². The van der Waals surface area contributed by atoms with E-state index in [1.54, 1.807) is 31.2 Å². The first kappa shape index (κ1) is 17.9. The minimum atomic E-state index is -0.878. The van der Waals surface area contributed by atoms with E-state index in [0.717, 1.165) is 11.4 Å². The van der Waals surface area contributed by atoms with Gasteiger partial charge in [-0.05, 0) is 44.5 Å². The molecule has 2 N–H and O–H groups in total. The van der Waals surface area contributed by atoms with Crippen LogP contribution in [0.2, 0.25) is 0 Å². The highest BCUT2D eigenvalue weighted by Crippen LogP contribution is 2.19. The first-order chi connectivity index (χ1) is 11.3. The second-order valence-electron chi connectivity index (χ2n) is 5.45. The van der Waals surface area contributed by atoms with Crippen molar-refractivity contribution in [1.29, 1.82) is 0 Å². The molecule has 1 unspecified atom stereocenters. The molecule has 1 amide bonds. The molecule has 0 radical (unpaired) electrons. The average molecular weight is 345 g/mol. The lowest BCUT2D eigenvalue weighted by Gasteiger charge is -2.09. The zero-order valence-corrected chi connectivity index (χ0v) is 14.6. The fourth-order valence-corrected chi connectivity index (χ4v) is 2.83. The number of benzene rings is 1. The molecule has 2 rings (SSSR count). The fourth-order valence-electron chi connectivity index (χ4n) is 2.08. The Morgan fingerprint density at radius 3 is 2.29 bits per heavy atom. The van der Waals surface area contributed by atoms with Crippen LogP contribution in [-0.2, 0) is 9.59 Å². The van der Waals surface area contributed by atoms with Crippen LogP contribution < -0.4 is 5.32 Å². The lowest BCUT2D eigenvalue weighted by atomic mass is 10.0. The molecule has 0 aliphatic rings. The zero-order chi connectivity index (χ0) is 17.7. The Kier molecular flexibility index (Phi) is 5.92. The summed E-state index contributed by atoms with van der Waals surface area (Å²) in [5.74, 6) is -1.42. The maximum Gasteiger partial charge on any atom is 0.310 e. The zero-order valence-electron chi connectivity index (χ0n) is 13.7. The summed E-state index contributed by atoms with van der Waals surface area (Å²) in [5.41, 5.74) is 3.06. The first-order valence-corrected chi connectivity index (χ1v) is 8.41. The van der Waals surface area contributed by atoms with Crippen molar-refractivity contribution >= 4 is 29.3 Å². The fraction of sp³-hybridized carbons (Fsp3) is 0.294. The number of carbonyl (C=O) groups is 2. The number of hydrogen-bond acceptors (Lipinski definition) is 5. The average Bonchev–Trinajstić information content (AvgIpc) is 2.52. The highest BCUT2D eigenvalue weighted by atomic mass is 32.2. The number of aromatic nitrogens is 2. The van der Waals surface area contributed by atoms with Crippen molar-refractivity contribution in [1.82, 2.24) is 9.97 Å². The molecule has 1 aromatic heterocycles. The van der Waals surface area contributed by atoms with Crippen LogP contribution in [0.3, 0.4) is 0 Å². The Hall–Kier alpha value is -2.41. The van der Waals surface area contributed by atoms with Crippen molar-refractivity contribution in [3.8, 4) is 0 Å². The highest BCUT2D eigenvalue weighted by Gasteiger charge is 2.13. The smallest absolute Gasteiger partial charge is 0.310 e. The van der Waals surface area contributed by atoms with E-state index in [1.807, 2.05) is 19.9 Å². The van der Waals surface area contributed by atoms with Crippen molar-refractivity contribution < 1.29 is 14.7 Å². The van der Waals surface area contributed by atoms with Gasteiger partial charge < -0.3 is 10.4 Å². The van der Waals surface area contributed by atoms with Gasteiger partial charge in [0.25, 0.3) is 0 Å². The number of nitrogens with one attached hydrogen (secondary N) is 1. The monoisotopic (exact) mass is 345 g/mol. The Bertz CT molecular complexity index is 727. The predicted molar refractivity (Wildman–Crippen MR) is 93.4 cm³/mol. The summed E-state index contributed by atoms with van der Waals surface area (Å²) in [6.45, 7) is 5.40. The quantitative estimate of drug-likeness (QED) is 0.617. The number of hydrogen-bond donors (Lipinski definition) is 2. The molecule has 0 fully saturated rings. The number of amides is 1. The van der Waals surface area contributed by atoms with E-state index in [-0.39, 0.29) is 11.7 Å². The Morgan fingerprint density at radius 2 is 1.75 bits per heavy atom. The largest absolute Gasteiger partial charge is 0.481 e. The van der Waals surface area contributed by atoms with Gasteiger partial charge in [-0.1, -0.05) is 23.9 Å². The molecule has 2 aromatic rings. The van der Waals surface area contributed by atoms with Crippen molar-refractivity contribution in [3.63, 3.8) is 0 Å².